The summed E-state index contributed by atoms with van der Waals surface area (Å²) >= 11 is 0. The molecule has 0 aliphatic heterocycles. The average molecular weight is 132 g/mol. The molecular formula is C7H6N3. The lowest BCUT2D eigenvalue weighted by atomic mass is 10.4. The van der Waals surface area contributed by atoms with Gasteiger partial charge in [0.25, 0.3) is 0 Å². The van der Waals surface area contributed by atoms with Gasteiger partial charge in [-0.15, -0.1) is 0 Å². The van der Waals surface area contributed by atoms with Gasteiger partial charge in [0.05, 0.1) is 11.8 Å². The first-order chi connectivity index (χ1) is 4.88. The van der Waals surface area contributed by atoms with Crippen LogP contribution in [0.1, 0.15) is 0 Å². The second kappa shape index (κ2) is 1.80. The SMILES string of the molecule is Cn1cnc2nc[c]cc21. The summed E-state index contributed by atoms with van der Waals surface area (Å²) in [6.45, 7) is 0. The van der Waals surface area contributed by atoms with Crippen LogP contribution in [-0.4, -0.2) is 14.5 Å². The number of rotatable bonds is 0. The lowest BCUT2D eigenvalue weighted by Gasteiger charge is -1.88. The Hall–Kier alpha value is -1.38. The topological polar surface area (TPSA) is 30.7 Å². The summed E-state index contributed by atoms with van der Waals surface area (Å²) in [7, 11) is 1.94. The van der Waals surface area contributed by atoms with E-state index in [0.29, 0.717) is 0 Å². The lowest BCUT2D eigenvalue weighted by Crippen LogP contribution is -1.83. The Morgan fingerprint density at radius 1 is 1.50 bits per heavy atom. The van der Waals surface area contributed by atoms with E-state index in [1.54, 1.807) is 12.5 Å². The number of hydrogen-bond acceptors (Lipinski definition) is 2. The normalized spacial score (nSPS) is 10.5. The summed E-state index contributed by atoms with van der Waals surface area (Å²) in [4.78, 5) is 8.06. The van der Waals surface area contributed by atoms with Crippen molar-refractivity contribution in [3.8, 4) is 0 Å². The van der Waals surface area contributed by atoms with Crippen molar-refractivity contribution in [2.45, 2.75) is 0 Å². The standard InChI is InChI=1S/C7H6N3/c1-10-5-9-7-6(10)3-2-4-8-7/h3-5H,1H3. The van der Waals surface area contributed by atoms with E-state index in [1.807, 2.05) is 17.7 Å². The highest BCUT2D eigenvalue weighted by atomic mass is 15.0. The number of aromatic nitrogens is 3. The number of hydrogen-bond donors (Lipinski definition) is 0. The zero-order valence-electron chi connectivity index (χ0n) is 5.57. The minimum Gasteiger partial charge on any atom is -0.332 e. The Balaban J connectivity index is 2.93. The maximum atomic E-state index is 4.05. The van der Waals surface area contributed by atoms with E-state index in [4.69, 9.17) is 0 Å². The summed E-state index contributed by atoms with van der Waals surface area (Å²) in [5, 5.41) is 0. The lowest BCUT2D eigenvalue weighted by molar-refractivity contribution is 0.947. The van der Waals surface area contributed by atoms with Crippen LogP contribution in [0.2, 0.25) is 0 Å². The number of pyridine rings is 1. The Bertz CT molecular complexity index is 350. The molecule has 0 amide bonds. The molecule has 2 aromatic heterocycles. The number of aryl methyl sites for hydroxylation is 1. The Morgan fingerprint density at radius 3 is 3.20 bits per heavy atom. The third-order valence-corrected chi connectivity index (χ3v) is 1.44. The molecule has 2 aromatic rings. The van der Waals surface area contributed by atoms with E-state index in [2.05, 4.69) is 16.0 Å². The summed E-state index contributed by atoms with van der Waals surface area (Å²) in [5.74, 6) is 0. The second-order valence-corrected chi connectivity index (χ2v) is 2.13. The van der Waals surface area contributed by atoms with Crippen LogP contribution in [0.3, 0.4) is 0 Å². The third kappa shape index (κ3) is 0.603. The Morgan fingerprint density at radius 2 is 2.40 bits per heavy atom. The van der Waals surface area contributed by atoms with Crippen LogP contribution >= 0.6 is 0 Å². The fourth-order valence-corrected chi connectivity index (χ4v) is 0.908. The number of fused-ring (bicyclic) bond motifs is 1. The van der Waals surface area contributed by atoms with Gasteiger partial charge in [0, 0.05) is 19.3 Å². The zero-order chi connectivity index (χ0) is 6.97. The first kappa shape index (κ1) is 5.41. The van der Waals surface area contributed by atoms with Crippen molar-refractivity contribution in [3.05, 3.63) is 24.7 Å². The summed E-state index contributed by atoms with van der Waals surface area (Å²) in [5.41, 5.74) is 1.80. The predicted molar refractivity (Wildman–Crippen MR) is 37.3 cm³/mol. The monoisotopic (exact) mass is 132 g/mol. The summed E-state index contributed by atoms with van der Waals surface area (Å²) < 4.78 is 1.92. The molecule has 1 radical (unpaired) electrons. The molecule has 0 aromatic carbocycles. The molecule has 0 aliphatic rings. The number of imidazole rings is 1. The van der Waals surface area contributed by atoms with Crippen molar-refractivity contribution in [2.24, 2.45) is 7.05 Å². The first-order valence-corrected chi connectivity index (χ1v) is 3.01. The molecule has 0 saturated heterocycles. The molecule has 0 atom stereocenters. The Kier molecular flexibility index (Phi) is 0.974. The van der Waals surface area contributed by atoms with E-state index < -0.39 is 0 Å². The van der Waals surface area contributed by atoms with Crippen molar-refractivity contribution in [3.63, 3.8) is 0 Å². The van der Waals surface area contributed by atoms with Gasteiger partial charge in [-0.05, 0) is 6.07 Å². The predicted octanol–water partition coefficient (Wildman–Crippen LogP) is 0.768. The number of nitrogens with zero attached hydrogens (tertiary/aromatic N) is 3. The fraction of sp³-hybridized carbons (Fsp3) is 0.143. The Labute approximate surface area is 58.3 Å². The van der Waals surface area contributed by atoms with E-state index >= 15 is 0 Å². The van der Waals surface area contributed by atoms with Gasteiger partial charge < -0.3 is 4.57 Å². The van der Waals surface area contributed by atoms with E-state index in [0.717, 1.165) is 11.2 Å². The highest BCUT2D eigenvalue weighted by Crippen LogP contribution is 2.05. The van der Waals surface area contributed by atoms with E-state index in [-0.39, 0.29) is 0 Å². The molecule has 10 heavy (non-hydrogen) atoms. The fourth-order valence-electron chi connectivity index (χ4n) is 0.908. The van der Waals surface area contributed by atoms with Gasteiger partial charge in [0.2, 0.25) is 0 Å². The van der Waals surface area contributed by atoms with Crippen molar-refractivity contribution < 1.29 is 0 Å². The maximum absolute atomic E-state index is 4.05. The molecule has 3 heteroatoms. The summed E-state index contributed by atoms with van der Waals surface area (Å²) in [6.07, 6.45) is 3.36. The summed E-state index contributed by atoms with van der Waals surface area (Å²) in [6, 6.07) is 4.76. The molecule has 0 bridgehead atoms. The molecule has 0 fully saturated rings. The molecule has 0 spiro atoms. The highest BCUT2D eigenvalue weighted by Gasteiger charge is 1.95. The molecule has 2 rings (SSSR count). The molecule has 0 unspecified atom stereocenters. The van der Waals surface area contributed by atoms with Crippen LogP contribution in [0.4, 0.5) is 0 Å². The van der Waals surface area contributed by atoms with Crippen LogP contribution in [0.5, 0.6) is 0 Å². The van der Waals surface area contributed by atoms with Gasteiger partial charge in [-0.2, -0.15) is 0 Å². The molecule has 0 saturated carbocycles. The van der Waals surface area contributed by atoms with Crippen molar-refractivity contribution in [2.75, 3.05) is 0 Å². The minimum atomic E-state index is 0.779. The molecule has 2 heterocycles. The van der Waals surface area contributed by atoms with Gasteiger partial charge >= 0.3 is 0 Å². The van der Waals surface area contributed by atoms with Crippen LogP contribution in [0, 0.1) is 6.07 Å². The zero-order valence-corrected chi connectivity index (χ0v) is 5.57. The van der Waals surface area contributed by atoms with E-state index in [9.17, 15) is 0 Å². The molecular weight excluding hydrogens is 126 g/mol. The third-order valence-electron chi connectivity index (χ3n) is 1.44. The maximum Gasteiger partial charge on any atom is 0.177 e. The first-order valence-electron chi connectivity index (χ1n) is 3.01. The largest absolute Gasteiger partial charge is 0.332 e. The molecule has 0 N–H and O–H groups in total. The van der Waals surface area contributed by atoms with Crippen LogP contribution < -0.4 is 0 Å². The van der Waals surface area contributed by atoms with Gasteiger partial charge in [0.1, 0.15) is 0 Å². The van der Waals surface area contributed by atoms with Crippen LogP contribution in [-0.2, 0) is 7.05 Å². The van der Waals surface area contributed by atoms with Crippen molar-refractivity contribution in [1.29, 1.82) is 0 Å². The molecule has 49 valence electrons. The van der Waals surface area contributed by atoms with Crippen molar-refractivity contribution in [1.82, 2.24) is 14.5 Å². The molecule has 3 nitrogen and oxygen atoms in total. The minimum absolute atomic E-state index is 0.779. The van der Waals surface area contributed by atoms with Crippen molar-refractivity contribution >= 4 is 11.2 Å². The van der Waals surface area contributed by atoms with Crippen LogP contribution in [0.15, 0.2) is 18.6 Å². The van der Waals surface area contributed by atoms with Gasteiger partial charge in [-0.1, -0.05) is 0 Å². The highest BCUT2D eigenvalue weighted by molar-refractivity contribution is 5.69. The second-order valence-electron chi connectivity index (χ2n) is 2.13. The van der Waals surface area contributed by atoms with E-state index in [1.165, 1.54) is 0 Å². The van der Waals surface area contributed by atoms with Crippen LogP contribution in [0.25, 0.3) is 11.2 Å². The average Bonchev–Trinajstić information content (AvgIpc) is 2.34. The quantitative estimate of drug-likeness (QED) is 0.530. The van der Waals surface area contributed by atoms with Gasteiger partial charge in [-0.3, -0.25) is 0 Å². The smallest absolute Gasteiger partial charge is 0.177 e. The molecule has 0 aliphatic carbocycles. The van der Waals surface area contributed by atoms with Gasteiger partial charge in [-0.25, -0.2) is 9.97 Å². The van der Waals surface area contributed by atoms with Gasteiger partial charge in [0.15, 0.2) is 5.65 Å².